The first kappa shape index (κ1) is 15.8. The van der Waals surface area contributed by atoms with E-state index in [1.807, 2.05) is 30.3 Å². The molecule has 1 atom stereocenters. The molecule has 3 rings (SSSR count). The number of para-hydroxylation sites is 1. The van der Waals surface area contributed by atoms with Crippen LogP contribution in [-0.4, -0.2) is 32.6 Å². The van der Waals surface area contributed by atoms with Gasteiger partial charge in [-0.15, -0.1) is 5.10 Å². The van der Waals surface area contributed by atoms with Gasteiger partial charge in [-0.2, -0.15) is 0 Å². The molecule has 7 heteroatoms. The molecule has 0 bridgehead atoms. The van der Waals surface area contributed by atoms with E-state index in [1.165, 1.54) is 35.1 Å². The van der Waals surface area contributed by atoms with Crippen molar-refractivity contribution in [2.45, 2.75) is 6.10 Å². The lowest BCUT2D eigenvalue weighted by molar-refractivity contribution is 0.0911. The van der Waals surface area contributed by atoms with Gasteiger partial charge in [-0.3, -0.25) is 4.79 Å². The lowest BCUT2D eigenvalue weighted by Gasteiger charge is -2.11. The van der Waals surface area contributed by atoms with Gasteiger partial charge in [0.2, 0.25) is 0 Å². The molecule has 6 nitrogen and oxygen atoms in total. The number of hydrogen-bond donors (Lipinski definition) is 2. The third kappa shape index (κ3) is 3.64. The molecule has 0 fully saturated rings. The van der Waals surface area contributed by atoms with Crippen molar-refractivity contribution in [3.63, 3.8) is 0 Å². The van der Waals surface area contributed by atoms with Crippen LogP contribution in [0, 0.1) is 5.82 Å². The normalized spacial score (nSPS) is 11.9. The third-order valence-corrected chi connectivity index (χ3v) is 3.46. The van der Waals surface area contributed by atoms with Gasteiger partial charge in [-0.1, -0.05) is 35.5 Å². The summed E-state index contributed by atoms with van der Waals surface area (Å²) in [4.78, 5) is 12.1. The molecule has 0 aliphatic heterocycles. The van der Waals surface area contributed by atoms with Crippen LogP contribution in [-0.2, 0) is 0 Å². The van der Waals surface area contributed by atoms with Crippen molar-refractivity contribution in [1.29, 1.82) is 0 Å². The molecule has 2 aromatic carbocycles. The Kier molecular flexibility index (Phi) is 4.62. The van der Waals surface area contributed by atoms with E-state index in [2.05, 4.69) is 15.6 Å². The molecule has 0 spiro atoms. The number of benzene rings is 2. The second-order valence-corrected chi connectivity index (χ2v) is 5.16. The summed E-state index contributed by atoms with van der Waals surface area (Å²) < 4.78 is 14.4. The van der Waals surface area contributed by atoms with E-state index in [4.69, 9.17) is 0 Å². The average Bonchev–Trinajstić information content (AvgIpc) is 3.11. The minimum Gasteiger partial charge on any atom is -0.387 e. The van der Waals surface area contributed by atoms with E-state index in [1.54, 1.807) is 0 Å². The molecular formula is C17H15FN4O2. The molecule has 2 N–H and O–H groups in total. The van der Waals surface area contributed by atoms with E-state index in [9.17, 15) is 14.3 Å². The molecule has 1 amide bonds. The summed E-state index contributed by atoms with van der Waals surface area (Å²) in [5.74, 6) is -0.828. The Morgan fingerprint density at radius 3 is 2.58 bits per heavy atom. The first-order valence-corrected chi connectivity index (χ1v) is 7.33. The minimum absolute atomic E-state index is 0.0112. The number of nitrogens with one attached hydrogen (secondary N) is 1. The van der Waals surface area contributed by atoms with Crippen molar-refractivity contribution in [3.05, 3.63) is 77.9 Å². The first-order chi connectivity index (χ1) is 11.6. The molecule has 0 aliphatic carbocycles. The van der Waals surface area contributed by atoms with Crippen LogP contribution in [0.3, 0.4) is 0 Å². The van der Waals surface area contributed by atoms with Crippen molar-refractivity contribution < 1.29 is 14.3 Å². The second kappa shape index (κ2) is 7.01. The highest BCUT2D eigenvalue weighted by Gasteiger charge is 2.14. The Bertz CT molecular complexity index is 818. The fourth-order valence-corrected chi connectivity index (χ4v) is 2.16. The number of aliphatic hydroxyl groups is 1. The Labute approximate surface area is 137 Å². The SMILES string of the molecule is O=C(NCC(O)c1ccc(F)cc1)c1cn(-c2ccccc2)nn1. The first-order valence-electron chi connectivity index (χ1n) is 7.33. The highest BCUT2D eigenvalue weighted by Crippen LogP contribution is 2.12. The fraction of sp³-hybridized carbons (Fsp3) is 0.118. The standard InChI is InChI=1S/C17H15FN4O2/c18-13-8-6-12(7-9-13)16(23)10-19-17(24)15-11-22(21-20-15)14-4-2-1-3-5-14/h1-9,11,16,23H,10H2,(H,19,24). The second-order valence-electron chi connectivity index (χ2n) is 5.16. The van der Waals surface area contributed by atoms with Crippen LogP contribution in [0.5, 0.6) is 0 Å². The summed E-state index contributed by atoms with van der Waals surface area (Å²) in [5, 5.41) is 20.3. The number of carbonyl (C=O) groups excluding carboxylic acids is 1. The number of hydrogen-bond acceptors (Lipinski definition) is 4. The van der Waals surface area contributed by atoms with Crippen LogP contribution in [0.2, 0.25) is 0 Å². The van der Waals surface area contributed by atoms with Crippen LogP contribution < -0.4 is 5.32 Å². The summed E-state index contributed by atoms with van der Waals surface area (Å²) in [6.45, 7) is -0.0112. The van der Waals surface area contributed by atoms with Gasteiger partial charge >= 0.3 is 0 Å². The molecule has 3 aromatic rings. The lowest BCUT2D eigenvalue weighted by atomic mass is 10.1. The maximum absolute atomic E-state index is 12.9. The number of carbonyl (C=O) groups is 1. The summed E-state index contributed by atoms with van der Waals surface area (Å²) in [7, 11) is 0. The zero-order valence-corrected chi connectivity index (χ0v) is 12.6. The van der Waals surface area contributed by atoms with Crippen LogP contribution in [0.4, 0.5) is 4.39 Å². The predicted octanol–water partition coefficient (Wildman–Crippen LogP) is 1.87. The van der Waals surface area contributed by atoms with Gasteiger partial charge in [0, 0.05) is 6.54 Å². The molecule has 0 radical (unpaired) electrons. The Morgan fingerprint density at radius 1 is 1.17 bits per heavy atom. The molecule has 0 saturated carbocycles. The number of amides is 1. The summed E-state index contributed by atoms with van der Waals surface area (Å²) in [6, 6.07) is 14.7. The van der Waals surface area contributed by atoms with Gasteiger partial charge in [0.1, 0.15) is 5.82 Å². The maximum atomic E-state index is 12.9. The van der Waals surface area contributed by atoms with E-state index < -0.39 is 12.0 Å². The number of rotatable bonds is 5. The maximum Gasteiger partial charge on any atom is 0.273 e. The van der Waals surface area contributed by atoms with Gasteiger partial charge in [-0.05, 0) is 29.8 Å². The van der Waals surface area contributed by atoms with Crippen LogP contribution >= 0.6 is 0 Å². The van der Waals surface area contributed by atoms with Crippen LogP contribution in [0.15, 0.2) is 60.8 Å². The van der Waals surface area contributed by atoms with Gasteiger partial charge in [0.25, 0.3) is 5.91 Å². The number of halogens is 1. The molecular weight excluding hydrogens is 311 g/mol. The number of aromatic nitrogens is 3. The smallest absolute Gasteiger partial charge is 0.273 e. The van der Waals surface area contributed by atoms with Gasteiger partial charge in [-0.25, -0.2) is 9.07 Å². The van der Waals surface area contributed by atoms with Crippen LogP contribution in [0.25, 0.3) is 5.69 Å². The van der Waals surface area contributed by atoms with Gasteiger partial charge in [0.15, 0.2) is 5.69 Å². The lowest BCUT2D eigenvalue weighted by Crippen LogP contribution is -2.28. The zero-order chi connectivity index (χ0) is 16.9. The molecule has 1 heterocycles. The summed E-state index contributed by atoms with van der Waals surface area (Å²) >= 11 is 0. The van der Waals surface area contributed by atoms with Crippen molar-refractivity contribution in [2.75, 3.05) is 6.54 Å². The summed E-state index contributed by atoms with van der Waals surface area (Å²) in [6.07, 6.45) is 0.577. The Hall–Kier alpha value is -3.06. The predicted molar refractivity (Wildman–Crippen MR) is 85.1 cm³/mol. The van der Waals surface area contributed by atoms with Crippen molar-refractivity contribution in [2.24, 2.45) is 0 Å². The molecule has 0 saturated heterocycles. The average molecular weight is 326 g/mol. The molecule has 1 aromatic heterocycles. The van der Waals surface area contributed by atoms with Gasteiger partial charge in [0.05, 0.1) is 18.0 Å². The Balaban J connectivity index is 1.61. The van der Waals surface area contributed by atoms with Crippen molar-refractivity contribution >= 4 is 5.91 Å². The highest BCUT2D eigenvalue weighted by atomic mass is 19.1. The monoisotopic (exact) mass is 326 g/mol. The Morgan fingerprint density at radius 2 is 1.88 bits per heavy atom. The molecule has 1 unspecified atom stereocenters. The third-order valence-electron chi connectivity index (χ3n) is 3.46. The summed E-state index contributed by atoms with van der Waals surface area (Å²) in [5.41, 5.74) is 1.45. The van der Waals surface area contributed by atoms with Crippen molar-refractivity contribution in [3.8, 4) is 5.69 Å². The topological polar surface area (TPSA) is 80.0 Å². The zero-order valence-electron chi connectivity index (χ0n) is 12.6. The highest BCUT2D eigenvalue weighted by molar-refractivity contribution is 5.91. The number of aliphatic hydroxyl groups excluding tert-OH is 1. The number of nitrogens with zero attached hydrogens (tertiary/aromatic N) is 3. The molecule has 24 heavy (non-hydrogen) atoms. The largest absolute Gasteiger partial charge is 0.387 e. The van der Waals surface area contributed by atoms with E-state index in [0.717, 1.165) is 5.69 Å². The van der Waals surface area contributed by atoms with E-state index in [0.29, 0.717) is 5.56 Å². The molecule has 122 valence electrons. The van der Waals surface area contributed by atoms with Crippen molar-refractivity contribution in [1.82, 2.24) is 20.3 Å². The molecule has 0 aliphatic rings. The quantitative estimate of drug-likeness (QED) is 0.750. The van der Waals surface area contributed by atoms with Crippen LogP contribution in [0.1, 0.15) is 22.2 Å². The van der Waals surface area contributed by atoms with E-state index >= 15 is 0 Å². The van der Waals surface area contributed by atoms with E-state index in [-0.39, 0.29) is 18.1 Å². The van der Waals surface area contributed by atoms with Gasteiger partial charge < -0.3 is 10.4 Å². The fourth-order valence-electron chi connectivity index (χ4n) is 2.16. The minimum atomic E-state index is -0.932.